The first-order valence-electron chi connectivity index (χ1n) is 14.8. The summed E-state index contributed by atoms with van der Waals surface area (Å²) in [6, 6.07) is 4.67. The first kappa shape index (κ1) is 33.1. The van der Waals surface area contributed by atoms with Crippen molar-refractivity contribution in [3.05, 3.63) is 59.0 Å². The fourth-order valence-corrected chi connectivity index (χ4v) is 5.39. The summed E-state index contributed by atoms with van der Waals surface area (Å²) in [6.07, 6.45) is 2.54. The van der Waals surface area contributed by atoms with Crippen LogP contribution in [-0.4, -0.2) is 68.4 Å². The van der Waals surface area contributed by atoms with Crippen LogP contribution in [0.25, 0.3) is 22.3 Å². The molecule has 3 heterocycles. The van der Waals surface area contributed by atoms with Crippen LogP contribution < -0.4 is 16.3 Å². The molecule has 11 nitrogen and oxygen atoms in total. The molecule has 1 fully saturated rings. The highest BCUT2D eigenvalue weighted by molar-refractivity contribution is 5.97. The van der Waals surface area contributed by atoms with Crippen molar-refractivity contribution in [2.24, 2.45) is 21.8 Å². The monoisotopic (exact) mass is 619 g/mol. The van der Waals surface area contributed by atoms with Gasteiger partial charge in [0.05, 0.1) is 17.5 Å². The molecule has 238 valence electrons. The van der Waals surface area contributed by atoms with Crippen molar-refractivity contribution in [3.8, 4) is 11.3 Å². The maximum absolute atomic E-state index is 15.9. The highest BCUT2D eigenvalue weighted by atomic mass is 19.1. The number of pyridine rings is 1. The van der Waals surface area contributed by atoms with Crippen LogP contribution in [0.4, 0.5) is 20.3 Å². The molecule has 0 saturated carbocycles. The number of fused-ring (bicyclic) bond motifs is 1. The Kier molecular flexibility index (Phi) is 9.89. The number of hydrogen-bond acceptors (Lipinski definition) is 7. The molecule has 1 aliphatic heterocycles. The molecular weight excluding hydrogens is 580 g/mol. The summed E-state index contributed by atoms with van der Waals surface area (Å²) in [6.45, 7) is 15.4. The maximum Gasteiger partial charge on any atom is 0.351 e. The van der Waals surface area contributed by atoms with Crippen molar-refractivity contribution in [2.45, 2.75) is 60.2 Å². The van der Waals surface area contributed by atoms with Gasteiger partial charge in [-0.25, -0.2) is 28.5 Å². The number of piperazine rings is 1. The van der Waals surface area contributed by atoms with Crippen molar-refractivity contribution in [3.63, 3.8) is 0 Å². The zero-order chi connectivity index (χ0) is 33.2. The maximum atomic E-state index is 15.9. The van der Waals surface area contributed by atoms with E-state index in [-0.39, 0.29) is 76.0 Å². The molecule has 0 aliphatic carbocycles. The average molecular weight is 620 g/mol. The Morgan fingerprint density at radius 3 is 2.38 bits per heavy atom. The van der Waals surface area contributed by atoms with E-state index in [1.165, 1.54) is 35.2 Å². The van der Waals surface area contributed by atoms with Crippen molar-refractivity contribution in [2.75, 3.05) is 23.7 Å². The van der Waals surface area contributed by atoms with E-state index in [0.29, 0.717) is 18.8 Å². The first-order valence-corrected chi connectivity index (χ1v) is 14.8. The smallest absolute Gasteiger partial charge is 0.351 e. The number of halogens is 2. The number of amidine groups is 1. The number of nitrogens with one attached hydrogen (secondary N) is 1. The molecule has 1 amide bonds. The summed E-state index contributed by atoms with van der Waals surface area (Å²) in [5, 5.41) is 8.19. The third-order valence-electron chi connectivity index (χ3n) is 7.77. The van der Waals surface area contributed by atoms with Gasteiger partial charge in [0.1, 0.15) is 35.2 Å². The van der Waals surface area contributed by atoms with E-state index in [2.05, 4.69) is 26.5 Å². The van der Waals surface area contributed by atoms with Crippen LogP contribution in [-0.2, 0) is 11.3 Å². The van der Waals surface area contributed by atoms with E-state index >= 15 is 4.39 Å². The van der Waals surface area contributed by atoms with Crippen LogP contribution in [0.1, 0.15) is 41.5 Å². The van der Waals surface area contributed by atoms with Gasteiger partial charge in [0, 0.05) is 42.5 Å². The standard InChI is InChI=1S/C32H39F2N9O2/c1-8-26(44)43-19(6)13-41(14-20(43)7)30-21-12-23(34)28(27-22(33)10-9-11-24(27)35)39-31(21)42(32(45)40-30)15-25(17(2)3)37-16-38-29(36)18(4)5/h8-12,16-20,36H,1,13-15,35H2,2-7H3/t19-,20+. The average Bonchev–Trinajstić information content (AvgIpc) is 2.97. The van der Waals surface area contributed by atoms with Crippen LogP contribution in [0.2, 0.25) is 0 Å². The Hall–Kier alpha value is -4.81. The number of rotatable bonds is 8. The molecule has 0 bridgehead atoms. The number of amides is 1. The van der Waals surface area contributed by atoms with Crippen LogP contribution in [0.5, 0.6) is 0 Å². The molecule has 1 aliphatic rings. The number of aliphatic imine (C=N–C) groups is 2. The third kappa shape index (κ3) is 6.81. The van der Waals surface area contributed by atoms with Crippen molar-refractivity contribution >= 4 is 46.3 Å². The Morgan fingerprint density at radius 2 is 1.80 bits per heavy atom. The van der Waals surface area contributed by atoms with Crippen LogP contribution in [0.3, 0.4) is 0 Å². The number of benzene rings is 1. The van der Waals surface area contributed by atoms with E-state index in [0.717, 1.165) is 6.07 Å². The predicted octanol–water partition coefficient (Wildman–Crippen LogP) is 4.69. The van der Waals surface area contributed by atoms with Gasteiger partial charge < -0.3 is 15.5 Å². The second kappa shape index (κ2) is 13.4. The molecule has 0 unspecified atom stereocenters. The molecule has 1 saturated heterocycles. The predicted molar refractivity (Wildman–Crippen MR) is 175 cm³/mol. The van der Waals surface area contributed by atoms with E-state index in [1.54, 1.807) is 4.90 Å². The Bertz CT molecular complexity index is 1730. The summed E-state index contributed by atoms with van der Waals surface area (Å²) in [4.78, 5) is 47.2. The van der Waals surface area contributed by atoms with Crippen molar-refractivity contribution < 1.29 is 13.6 Å². The zero-order valence-corrected chi connectivity index (χ0v) is 26.4. The van der Waals surface area contributed by atoms with E-state index in [9.17, 15) is 14.0 Å². The van der Waals surface area contributed by atoms with E-state index in [1.807, 2.05) is 46.4 Å². The first-order chi connectivity index (χ1) is 21.2. The molecule has 2 atom stereocenters. The molecule has 3 N–H and O–H groups in total. The lowest BCUT2D eigenvalue weighted by atomic mass is 10.1. The number of nitrogen functional groups attached to an aromatic ring is 1. The fraction of sp³-hybridized carbons (Fsp3) is 0.406. The van der Waals surface area contributed by atoms with E-state index in [4.69, 9.17) is 11.1 Å². The highest BCUT2D eigenvalue weighted by Crippen LogP contribution is 2.34. The van der Waals surface area contributed by atoms with Gasteiger partial charge >= 0.3 is 5.69 Å². The van der Waals surface area contributed by atoms with Gasteiger partial charge in [0.25, 0.3) is 0 Å². The number of nitrogens with zero attached hydrogens (tertiary/aromatic N) is 7. The zero-order valence-electron chi connectivity index (χ0n) is 26.4. The molecular formula is C32H39F2N9O2. The third-order valence-corrected chi connectivity index (χ3v) is 7.77. The minimum atomic E-state index is -0.841. The number of carbonyl (C=O) groups excluding carboxylic acids is 1. The summed E-state index contributed by atoms with van der Waals surface area (Å²) in [5.74, 6) is -1.70. The molecule has 45 heavy (non-hydrogen) atoms. The van der Waals surface area contributed by atoms with Gasteiger partial charge in [-0.15, -0.1) is 0 Å². The minimum absolute atomic E-state index is 0.0113. The Labute approximate surface area is 260 Å². The largest absolute Gasteiger partial charge is 0.398 e. The van der Waals surface area contributed by atoms with Gasteiger partial charge in [-0.2, -0.15) is 4.98 Å². The lowest BCUT2D eigenvalue weighted by Crippen LogP contribution is -2.58. The van der Waals surface area contributed by atoms with Crippen LogP contribution >= 0.6 is 0 Å². The van der Waals surface area contributed by atoms with Crippen LogP contribution in [0.15, 0.2) is 51.7 Å². The second-order valence-electron chi connectivity index (χ2n) is 11.8. The summed E-state index contributed by atoms with van der Waals surface area (Å²) < 4.78 is 32.1. The summed E-state index contributed by atoms with van der Waals surface area (Å²) in [7, 11) is 0. The lowest BCUT2D eigenvalue weighted by molar-refractivity contribution is -0.130. The lowest BCUT2D eigenvalue weighted by Gasteiger charge is -2.44. The number of hydrogen-bond donors (Lipinski definition) is 2. The molecule has 3 aromatic rings. The molecule has 13 heteroatoms. The van der Waals surface area contributed by atoms with E-state index < -0.39 is 17.3 Å². The molecule has 4 rings (SSSR count). The normalized spacial score (nSPS) is 17.6. The van der Waals surface area contributed by atoms with Gasteiger partial charge in [0.2, 0.25) is 5.91 Å². The molecule has 0 spiro atoms. The molecule has 0 radical (unpaired) electrons. The minimum Gasteiger partial charge on any atom is -0.398 e. The Balaban J connectivity index is 1.94. The van der Waals surface area contributed by atoms with Crippen molar-refractivity contribution in [1.82, 2.24) is 19.4 Å². The summed E-state index contributed by atoms with van der Waals surface area (Å²) in [5.41, 5.74) is 5.41. The number of carbonyl (C=O) groups is 1. The van der Waals surface area contributed by atoms with Crippen LogP contribution in [0, 0.1) is 28.9 Å². The van der Waals surface area contributed by atoms with Gasteiger partial charge in [-0.3, -0.25) is 14.8 Å². The van der Waals surface area contributed by atoms with Gasteiger partial charge in [-0.1, -0.05) is 40.3 Å². The van der Waals surface area contributed by atoms with Gasteiger partial charge in [0.15, 0.2) is 5.82 Å². The highest BCUT2D eigenvalue weighted by Gasteiger charge is 2.34. The topological polar surface area (TPSA) is 146 Å². The SMILES string of the molecule is C=CC(=O)N1[C@H](C)CN(c2nc(=O)n(CC(=NC=NC(=N)C(C)C)C(C)C)c3nc(-c4c(N)cccc4F)c(F)cc23)C[C@@H]1C. The summed E-state index contributed by atoms with van der Waals surface area (Å²) >= 11 is 0. The molecule has 2 aromatic heterocycles. The second-order valence-corrected chi connectivity index (χ2v) is 11.8. The number of aromatic nitrogens is 3. The van der Waals surface area contributed by atoms with Crippen molar-refractivity contribution in [1.29, 1.82) is 5.41 Å². The van der Waals surface area contributed by atoms with Gasteiger partial charge in [-0.05, 0) is 44.0 Å². The Morgan fingerprint density at radius 1 is 1.13 bits per heavy atom. The quantitative estimate of drug-likeness (QED) is 0.162. The number of nitrogens with two attached hydrogens (primary N) is 1. The fourth-order valence-electron chi connectivity index (χ4n) is 5.39. The number of anilines is 2. The molecule has 1 aromatic carbocycles.